The highest BCUT2D eigenvalue weighted by Crippen LogP contribution is 2.29. The van der Waals surface area contributed by atoms with Gasteiger partial charge in [-0.25, -0.2) is 0 Å². The van der Waals surface area contributed by atoms with Gasteiger partial charge in [0.05, 0.1) is 5.92 Å². The smallest absolute Gasteiger partial charge is 0.225 e. The zero-order chi connectivity index (χ0) is 20.8. The number of nitrogens with zero attached hydrogens (tertiary/aromatic N) is 1. The van der Waals surface area contributed by atoms with E-state index in [0.29, 0.717) is 25.6 Å². The van der Waals surface area contributed by atoms with Crippen molar-refractivity contribution in [2.24, 2.45) is 5.92 Å². The molecule has 2 aliphatic rings. The zero-order valence-corrected chi connectivity index (χ0v) is 18.4. The van der Waals surface area contributed by atoms with Gasteiger partial charge in [0.1, 0.15) is 0 Å². The van der Waals surface area contributed by atoms with Crippen molar-refractivity contribution in [3.63, 3.8) is 0 Å². The third-order valence-electron chi connectivity index (χ3n) is 6.23. The fourth-order valence-electron chi connectivity index (χ4n) is 4.65. The lowest BCUT2D eigenvalue weighted by atomic mass is 9.94. The number of benzene rings is 1. The number of aryl methyl sites for hydroxylation is 1. The molecular weight excluding hydrogens is 384 g/mol. The van der Waals surface area contributed by atoms with Crippen LogP contribution in [0.5, 0.6) is 0 Å². The molecule has 0 radical (unpaired) electrons. The molecule has 0 bridgehead atoms. The van der Waals surface area contributed by atoms with E-state index in [-0.39, 0.29) is 17.7 Å². The summed E-state index contributed by atoms with van der Waals surface area (Å²) in [4.78, 5) is 27.1. The summed E-state index contributed by atoms with van der Waals surface area (Å²) in [7, 11) is 0. The molecule has 0 aromatic heterocycles. The average molecular weight is 417 g/mol. The highest BCUT2D eigenvalue weighted by atomic mass is 35.5. The number of amides is 2. The van der Waals surface area contributed by atoms with Gasteiger partial charge >= 0.3 is 0 Å². The third kappa shape index (κ3) is 5.63. The van der Waals surface area contributed by atoms with Crippen LogP contribution in [0.25, 0.3) is 5.57 Å². The van der Waals surface area contributed by atoms with Crippen LogP contribution in [0.1, 0.15) is 69.4 Å². The first-order chi connectivity index (χ1) is 14.0. The van der Waals surface area contributed by atoms with E-state index < -0.39 is 0 Å². The molecule has 29 heavy (non-hydrogen) atoms. The summed E-state index contributed by atoms with van der Waals surface area (Å²) in [5.74, 6) is -0.0515. The second-order valence-electron chi connectivity index (χ2n) is 8.38. The van der Waals surface area contributed by atoms with Crippen LogP contribution < -0.4 is 5.32 Å². The lowest BCUT2D eigenvalue weighted by Gasteiger charge is -2.31. The average Bonchev–Trinajstić information content (AvgIpc) is 3.11. The van der Waals surface area contributed by atoms with Crippen molar-refractivity contribution in [2.45, 2.75) is 71.3 Å². The van der Waals surface area contributed by atoms with Gasteiger partial charge in [-0.1, -0.05) is 49.9 Å². The minimum atomic E-state index is -0.212. The number of nitrogens with one attached hydrogen (secondary N) is 1. The van der Waals surface area contributed by atoms with E-state index in [1.54, 1.807) is 0 Å². The lowest BCUT2D eigenvalue weighted by molar-refractivity contribution is -0.130. The molecule has 0 spiro atoms. The van der Waals surface area contributed by atoms with Crippen molar-refractivity contribution >= 4 is 29.0 Å². The zero-order valence-electron chi connectivity index (χ0n) is 17.7. The Balaban J connectivity index is 1.54. The second kappa shape index (κ2) is 10.3. The number of hydrogen-bond donors (Lipinski definition) is 1. The maximum Gasteiger partial charge on any atom is 0.225 e. The van der Waals surface area contributed by atoms with Gasteiger partial charge in [-0.05, 0) is 61.4 Å². The molecule has 158 valence electrons. The predicted octanol–water partition coefficient (Wildman–Crippen LogP) is 5.13. The van der Waals surface area contributed by atoms with E-state index in [1.165, 1.54) is 30.4 Å². The van der Waals surface area contributed by atoms with E-state index in [4.69, 9.17) is 11.6 Å². The molecule has 1 unspecified atom stereocenters. The van der Waals surface area contributed by atoms with Crippen LogP contribution in [0.2, 0.25) is 5.02 Å². The maximum absolute atomic E-state index is 12.7. The molecule has 1 aromatic carbocycles. The molecular formula is C24H33ClN2O2. The van der Waals surface area contributed by atoms with E-state index >= 15 is 0 Å². The van der Waals surface area contributed by atoms with Gasteiger partial charge in [0.25, 0.3) is 0 Å². The number of rotatable bonds is 7. The standard InChI is InChI=1S/C24H33ClN2O2/c1-3-7-18(22-15-20(25)11-10-17(22)2)12-13-26-24(29)19-14-23(28)27(16-19)21-8-5-4-6-9-21/h7,10-11,15,19,21H,3-6,8-9,12-14,16H2,1-2H3,(H,26,29)/b18-7-. The van der Waals surface area contributed by atoms with Crippen LogP contribution >= 0.6 is 11.6 Å². The Morgan fingerprint density at radius 1 is 1.28 bits per heavy atom. The van der Waals surface area contributed by atoms with Gasteiger partial charge in [0, 0.05) is 30.6 Å². The Morgan fingerprint density at radius 2 is 2.03 bits per heavy atom. The molecule has 1 atom stereocenters. The minimum Gasteiger partial charge on any atom is -0.355 e. The Bertz CT molecular complexity index is 768. The van der Waals surface area contributed by atoms with Gasteiger partial charge < -0.3 is 10.2 Å². The molecule has 2 amide bonds. The number of likely N-dealkylation sites (tertiary alicyclic amines) is 1. The van der Waals surface area contributed by atoms with Crippen molar-refractivity contribution in [3.05, 3.63) is 40.4 Å². The van der Waals surface area contributed by atoms with Crippen LogP contribution in [-0.2, 0) is 9.59 Å². The fraction of sp³-hybridized carbons (Fsp3) is 0.583. The van der Waals surface area contributed by atoms with Crippen molar-refractivity contribution in [3.8, 4) is 0 Å². The lowest BCUT2D eigenvalue weighted by Crippen LogP contribution is -2.39. The van der Waals surface area contributed by atoms with E-state index in [1.807, 2.05) is 23.1 Å². The highest BCUT2D eigenvalue weighted by Gasteiger charge is 2.37. The topological polar surface area (TPSA) is 49.4 Å². The predicted molar refractivity (Wildman–Crippen MR) is 119 cm³/mol. The Morgan fingerprint density at radius 3 is 2.76 bits per heavy atom. The molecule has 1 aliphatic carbocycles. The van der Waals surface area contributed by atoms with Crippen LogP contribution in [0.4, 0.5) is 0 Å². The van der Waals surface area contributed by atoms with Crippen molar-refractivity contribution in [1.29, 1.82) is 0 Å². The quantitative estimate of drug-likeness (QED) is 0.669. The third-order valence-corrected chi connectivity index (χ3v) is 6.47. The summed E-state index contributed by atoms with van der Waals surface area (Å²) in [6.07, 6.45) is 10.1. The molecule has 1 heterocycles. The van der Waals surface area contributed by atoms with Crippen LogP contribution in [0, 0.1) is 12.8 Å². The summed E-state index contributed by atoms with van der Waals surface area (Å²) < 4.78 is 0. The van der Waals surface area contributed by atoms with E-state index in [2.05, 4.69) is 25.2 Å². The SMILES string of the molecule is CC/C=C(/CCNC(=O)C1CC(=O)N(C2CCCCC2)C1)c1cc(Cl)ccc1C. The molecule has 3 rings (SSSR count). The first kappa shape index (κ1) is 21.9. The van der Waals surface area contributed by atoms with E-state index in [0.717, 1.165) is 36.3 Å². The molecule has 1 aliphatic heterocycles. The second-order valence-corrected chi connectivity index (χ2v) is 8.81. The first-order valence-electron chi connectivity index (χ1n) is 11.0. The molecule has 1 saturated carbocycles. The van der Waals surface area contributed by atoms with Crippen LogP contribution in [-0.4, -0.2) is 35.8 Å². The number of carbonyl (C=O) groups is 2. The number of halogens is 1. The first-order valence-corrected chi connectivity index (χ1v) is 11.4. The number of hydrogen-bond acceptors (Lipinski definition) is 2. The van der Waals surface area contributed by atoms with E-state index in [9.17, 15) is 9.59 Å². The van der Waals surface area contributed by atoms with Gasteiger partial charge in [-0.15, -0.1) is 0 Å². The highest BCUT2D eigenvalue weighted by molar-refractivity contribution is 6.30. The Hall–Kier alpha value is -1.81. The van der Waals surface area contributed by atoms with Crippen molar-refractivity contribution < 1.29 is 9.59 Å². The molecule has 4 nitrogen and oxygen atoms in total. The summed E-state index contributed by atoms with van der Waals surface area (Å²) in [5, 5.41) is 3.80. The summed E-state index contributed by atoms with van der Waals surface area (Å²) >= 11 is 6.19. The van der Waals surface area contributed by atoms with Crippen molar-refractivity contribution in [2.75, 3.05) is 13.1 Å². The largest absolute Gasteiger partial charge is 0.355 e. The summed E-state index contributed by atoms with van der Waals surface area (Å²) in [6.45, 7) is 5.35. The summed E-state index contributed by atoms with van der Waals surface area (Å²) in [6, 6.07) is 6.28. The maximum atomic E-state index is 12.7. The Labute approximate surface area is 179 Å². The number of allylic oxidation sites excluding steroid dienone is 1. The molecule has 2 fully saturated rings. The summed E-state index contributed by atoms with van der Waals surface area (Å²) in [5.41, 5.74) is 3.54. The number of carbonyl (C=O) groups excluding carboxylic acids is 2. The van der Waals surface area contributed by atoms with Crippen LogP contribution in [0.15, 0.2) is 24.3 Å². The molecule has 1 N–H and O–H groups in total. The molecule has 5 heteroatoms. The molecule has 1 aromatic rings. The van der Waals surface area contributed by atoms with Gasteiger partial charge in [0.15, 0.2) is 0 Å². The van der Waals surface area contributed by atoms with Gasteiger partial charge in [0.2, 0.25) is 11.8 Å². The Kier molecular flexibility index (Phi) is 7.77. The molecule has 1 saturated heterocycles. The minimum absolute atomic E-state index is 0.00956. The van der Waals surface area contributed by atoms with Gasteiger partial charge in [-0.2, -0.15) is 0 Å². The van der Waals surface area contributed by atoms with Crippen LogP contribution in [0.3, 0.4) is 0 Å². The fourth-order valence-corrected chi connectivity index (χ4v) is 4.82. The van der Waals surface area contributed by atoms with Gasteiger partial charge in [-0.3, -0.25) is 9.59 Å². The monoisotopic (exact) mass is 416 g/mol. The normalized spacial score (nSPS) is 20.9. The van der Waals surface area contributed by atoms with Crippen molar-refractivity contribution in [1.82, 2.24) is 10.2 Å².